The van der Waals surface area contributed by atoms with Gasteiger partial charge in [-0.15, -0.1) is 0 Å². The Morgan fingerprint density at radius 2 is 1.61 bits per heavy atom. The van der Waals surface area contributed by atoms with Crippen LogP contribution in [0, 0.1) is 11.3 Å². The molecule has 2 spiro atoms. The molecule has 202 valence electrons. The Kier molecular flexibility index (Phi) is 5.41. The summed E-state index contributed by atoms with van der Waals surface area (Å²) in [5.74, 6) is 0.819. The van der Waals surface area contributed by atoms with E-state index in [0.29, 0.717) is 11.5 Å². The van der Waals surface area contributed by atoms with Crippen LogP contribution in [-0.4, -0.2) is 37.9 Å². The number of hydrogen-bond acceptors (Lipinski definition) is 5. The lowest BCUT2D eigenvalue weighted by atomic mass is 9.99. The normalized spacial score (nSPS) is 28.3. The van der Waals surface area contributed by atoms with Crippen molar-refractivity contribution >= 4 is 5.95 Å². The molecule has 38 heavy (non-hydrogen) atoms. The van der Waals surface area contributed by atoms with E-state index >= 15 is 0 Å². The van der Waals surface area contributed by atoms with Crippen LogP contribution in [0.25, 0.3) is 11.1 Å². The summed E-state index contributed by atoms with van der Waals surface area (Å²) in [6.45, 7) is 2.76. The second-order valence-corrected chi connectivity index (χ2v) is 11.1. The lowest BCUT2D eigenvalue weighted by Gasteiger charge is -2.26. The van der Waals surface area contributed by atoms with E-state index in [1.165, 1.54) is 0 Å². The Morgan fingerprint density at radius 1 is 0.974 bits per heavy atom. The summed E-state index contributed by atoms with van der Waals surface area (Å²) >= 11 is 0. The number of benzene rings is 1. The van der Waals surface area contributed by atoms with Gasteiger partial charge in [-0.05, 0) is 48.9 Å². The minimum atomic E-state index is -4.91. The van der Waals surface area contributed by atoms with E-state index in [1.54, 1.807) is 41.4 Å². The van der Waals surface area contributed by atoms with E-state index in [0.717, 1.165) is 43.5 Å². The maximum atomic E-state index is 13.5. The number of nitrogens with one attached hydrogen (secondary N) is 1. The van der Waals surface area contributed by atoms with Gasteiger partial charge in [0, 0.05) is 66.9 Å². The molecule has 6 rings (SSSR count). The zero-order valence-corrected chi connectivity index (χ0v) is 20.7. The van der Waals surface area contributed by atoms with Crippen LogP contribution in [0.2, 0.25) is 0 Å². The molecule has 3 fully saturated rings. The van der Waals surface area contributed by atoms with Crippen molar-refractivity contribution in [2.75, 3.05) is 11.4 Å². The molecule has 3 unspecified atom stereocenters. The summed E-state index contributed by atoms with van der Waals surface area (Å²) < 4.78 is 82.8. The van der Waals surface area contributed by atoms with Crippen molar-refractivity contribution in [1.82, 2.24) is 25.1 Å². The van der Waals surface area contributed by atoms with Crippen molar-refractivity contribution in [2.24, 2.45) is 18.4 Å². The number of nitrogens with zero attached hydrogens (tertiary/aromatic N) is 5. The largest absolute Gasteiger partial charge is 0.416 e. The molecule has 2 saturated carbocycles. The predicted octanol–water partition coefficient (Wildman–Crippen LogP) is 5.45. The molecule has 3 heterocycles. The third kappa shape index (κ3) is 4.42. The van der Waals surface area contributed by atoms with Crippen LogP contribution in [-0.2, 0) is 25.9 Å². The van der Waals surface area contributed by atoms with Gasteiger partial charge >= 0.3 is 12.4 Å². The van der Waals surface area contributed by atoms with Gasteiger partial charge in [-0.25, -0.2) is 9.97 Å². The van der Waals surface area contributed by atoms with Crippen LogP contribution in [0.5, 0.6) is 0 Å². The molecule has 12 heteroatoms. The Labute approximate surface area is 215 Å². The van der Waals surface area contributed by atoms with Crippen molar-refractivity contribution in [3.63, 3.8) is 0 Å². The lowest BCUT2D eigenvalue weighted by Crippen LogP contribution is -2.32. The van der Waals surface area contributed by atoms with Gasteiger partial charge in [0.1, 0.15) is 0 Å². The lowest BCUT2D eigenvalue weighted by molar-refractivity contribution is -0.143. The van der Waals surface area contributed by atoms with Gasteiger partial charge < -0.3 is 10.2 Å². The molecular weight excluding hydrogens is 510 g/mol. The quantitative estimate of drug-likeness (QED) is 0.440. The number of aromatic nitrogens is 4. The number of alkyl halides is 6. The van der Waals surface area contributed by atoms with Crippen molar-refractivity contribution < 1.29 is 26.3 Å². The minimum Gasteiger partial charge on any atom is -0.333 e. The second-order valence-electron chi connectivity index (χ2n) is 11.1. The van der Waals surface area contributed by atoms with Crippen molar-refractivity contribution in [2.45, 2.75) is 56.7 Å². The third-order valence-electron chi connectivity index (χ3n) is 8.37. The van der Waals surface area contributed by atoms with Crippen LogP contribution >= 0.6 is 0 Å². The van der Waals surface area contributed by atoms with Crippen LogP contribution < -0.4 is 10.2 Å². The molecule has 2 aliphatic carbocycles. The Balaban J connectivity index is 1.35. The van der Waals surface area contributed by atoms with Crippen molar-refractivity contribution in [1.29, 1.82) is 0 Å². The summed E-state index contributed by atoms with van der Waals surface area (Å²) in [6.07, 6.45) is -0.388. The SMILES string of the molecule is CC1CC12C[C@]1(CN2)CC1N(Cc1cc(C(F)(F)F)cc(C(F)(F)F)c1)c1ncc(-c2cnn(C)c2)cn1. The number of rotatable bonds is 5. The monoisotopic (exact) mass is 536 g/mol. The first-order valence-corrected chi connectivity index (χ1v) is 12.4. The van der Waals surface area contributed by atoms with E-state index < -0.39 is 23.5 Å². The van der Waals surface area contributed by atoms with Gasteiger partial charge in [0.2, 0.25) is 5.95 Å². The zero-order chi connectivity index (χ0) is 27.1. The van der Waals surface area contributed by atoms with Gasteiger partial charge in [-0.2, -0.15) is 31.4 Å². The maximum absolute atomic E-state index is 13.5. The summed E-state index contributed by atoms with van der Waals surface area (Å²) in [4.78, 5) is 10.8. The van der Waals surface area contributed by atoms with E-state index in [-0.39, 0.29) is 41.1 Å². The van der Waals surface area contributed by atoms with Crippen LogP contribution in [0.15, 0.2) is 43.0 Å². The summed E-state index contributed by atoms with van der Waals surface area (Å²) in [5.41, 5.74) is -1.25. The van der Waals surface area contributed by atoms with E-state index in [9.17, 15) is 26.3 Å². The molecule has 1 aromatic carbocycles. The number of hydrogen-bond donors (Lipinski definition) is 1. The van der Waals surface area contributed by atoms with Crippen LogP contribution in [0.3, 0.4) is 0 Å². The number of anilines is 1. The molecule has 2 aromatic heterocycles. The first kappa shape index (κ1) is 25.1. The Morgan fingerprint density at radius 3 is 2.11 bits per heavy atom. The smallest absolute Gasteiger partial charge is 0.333 e. The van der Waals surface area contributed by atoms with Crippen molar-refractivity contribution in [3.05, 3.63) is 59.7 Å². The molecule has 3 aliphatic rings. The van der Waals surface area contributed by atoms with E-state index in [1.807, 2.05) is 0 Å². The van der Waals surface area contributed by atoms with Crippen molar-refractivity contribution in [3.8, 4) is 11.1 Å². The average Bonchev–Trinajstić information content (AvgIpc) is 3.55. The molecule has 0 amide bonds. The first-order chi connectivity index (χ1) is 17.8. The summed E-state index contributed by atoms with van der Waals surface area (Å²) in [6, 6.07) is 1.64. The summed E-state index contributed by atoms with van der Waals surface area (Å²) in [5, 5.41) is 7.76. The van der Waals surface area contributed by atoms with Gasteiger partial charge in [0.05, 0.1) is 17.3 Å². The molecule has 6 nitrogen and oxygen atoms in total. The standard InChI is InChI=1S/C26H26F6N6/c1-15-6-24(15)13-23(14-35-24)7-21(23)38(22-33-8-17(9-34-22)18-10-36-37(2)12-18)11-16-3-19(25(27,28)29)5-20(4-16)26(30,31)32/h3-5,8-10,12,15,21,35H,6-7,11,13-14H2,1-2H3/t15?,21?,23-,24?/m0/s1. The second kappa shape index (κ2) is 8.17. The summed E-state index contributed by atoms with van der Waals surface area (Å²) in [7, 11) is 1.78. The number of aryl methyl sites for hydroxylation is 1. The molecule has 1 saturated heterocycles. The fraction of sp³-hybridized carbons (Fsp3) is 0.500. The molecule has 1 aliphatic heterocycles. The highest BCUT2D eigenvalue weighted by Crippen LogP contribution is 2.65. The fourth-order valence-corrected chi connectivity index (χ4v) is 6.05. The highest BCUT2D eigenvalue weighted by Gasteiger charge is 2.69. The van der Waals surface area contributed by atoms with Crippen LogP contribution in [0.4, 0.5) is 32.3 Å². The molecule has 0 radical (unpaired) electrons. The highest BCUT2D eigenvalue weighted by atomic mass is 19.4. The van der Waals surface area contributed by atoms with Gasteiger partial charge in [-0.1, -0.05) is 6.92 Å². The zero-order valence-electron chi connectivity index (χ0n) is 20.7. The van der Waals surface area contributed by atoms with Crippen LogP contribution in [0.1, 0.15) is 42.9 Å². The number of halogens is 6. The fourth-order valence-electron chi connectivity index (χ4n) is 6.05. The molecule has 3 aromatic rings. The maximum Gasteiger partial charge on any atom is 0.416 e. The molecule has 0 bridgehead atoms. The highest BCUT2D eigenvalue weighted by molar-refractivity contribution is 5.60. The Hall–Kier alpha value is -3.15. The molecular formula is C26H26F6N6. The van der Waals surface area contributed by atoms with Gasteiger partial charge in [-0.3, -0.25) is 4.68 Å². The Bertz CT molecular complexity index is 1330. The first-order valence-electron chi connectivity index (χ1n) is 12.4. The molecule has 1 N–H and O–H groups in total. The topological polar surface area (TPSA) is 58.9 Å². The van der Waals surface area contributed by atoms with E-state index in [2.05, 4.69) is 27.3 Å². The predicted molar refractivity (Wildman–Crippen MR) is 127 cm³/mol. The average molecular weight is 537 g/mol. The van der Waals surface area contributed by atoms with E-state index in [4.69, 9.17) is 0 Å². The minimum absolute atomic E-state index is 0.0883. The van der Waals surface area contributed by atoms with Gasteiger partial charge in [0.25, 0.3) is 0 Å². The third-order valence-corrected chi connectivity index (χ3v) is 8.37. The molecule has 4 atom stereocenters. The van der Waals surface area contributed by atoms with Gasteiger partial charge in [0.15, 0.2) is 0 Å².